The Labute approximate surface area is 61.2 Å². The fraction of sp³-hybridized carbons (Fsp3) is 0. The number of nitrogens with zero attached hydrogens (tertiary/aromatic N) is 3. The molecular formula is C5H4FN5+. The van der Waals surface area contributed by atoms with Crippen LogP contribution in [0.1, 0.15) is 0 Å². The lowest BCUT2D eigenvalue weighted by molar-refractivity contribution is 0.588. The Bertz CT molecular complexity index is 334. The van der Waals surface area contributed by atoms with E-state index in [9.17, 15) is 4.39 Å². The second-order valence-electron chi connectivity index (χ2n) is 1.97. The van der Waals surface area contributed by atoms with E-state index >= 15 is 0 Å². The Morgan fingerprint density at radius 2 is 2.36 bits per heavy atom. The van der Waals surface area contributed by atoms with E-state index in [1.54, 1.807) is 0 Å². The number of halogens is 1. The number of rotatable bonds is 0. The molecule has 11 heavy (non-hydrogen) atoms. The molecular weight excluding hydrogens is 149 g/mol. The highest BCUT2D eigenvalue weighted by atomic mass is 19.1. The van der Waals surface area contributed by atoms with E-state index in [0.717, 1.165) is 0 Å². The fourth-order valence-electron chi connectivity index (χ4n) is 0.814. The first kappa shape index (κ1) is 6.02. The van der Waals surface area contributed by atoms with Crippen molar-refractivity contribution in [3.8, 4) is 0 Å². The minimum Gasteiger partial charge on any atom is -0.354 e. The van der Waals surface area contributed by atoms with Crippen LogP contribution in [0.25, 0.3) is 0 Å². The molecule has 0 fully saturated rings. The van der Waals surface area contributed by atoms with Gasteiger partial charge in [-0.3, -0.25) is 5.32 Å². The lowest BCUT2D eigenvalue weighted by atomic mass is 10.5. The Kier molecular flexibility index (Phi) is 1.03. The number of aromatic nitrogens is 2. The van der Waals surface area contributed by atoms with Gasteiger partial charge in [-0.15, -0.1) is 0 Å². The van der Waals surface area contributed by atoms with E-state index in [0.29, 0.717) is 0 Å². The number of hydrogen-bond acceptors (Lipinski definition) is 5. The summed E-state index contributed by atoms with van der Waals surface area (Å²) in [6.07, 6.45) is 1.34. The molecule has 0 amide bonds. The summed E-state index contributed by atoms with van der Waals surface area (Å²) in [5.74, 6) is -0.540. The minimum atomic E-state index is -0.676. The second kappa shape index (κ2) is 1.88. The molecule has 6 heteroatoms. The van der Waals surface area contributed by atoms with Crippen molar-refractivity contribution in [3.63, 3.8) is 0 Å². The molecule has 1 aromatic heterocycles. The highest BCUT2D eigenvalue weighted by molar-refractivity contribution is 5.87. The molecule has 1 radical (unpaired) electrons. The maximum Gasteiger partial charge on any atom is 0.344 e. The zero-order valence-corrected chi connectivity index (χ0v) is 5.37. The number of aliphatic imine (C=N–C) groups is 1. The van der Waals surface area contributed by atoms with Crippen LogP contribution in [-0.2, 0) is 0 Å². The molecule has 0 spiro atoms. The second-order valence-corrected chi connectivity index (χ2v) is 1.97. The van der Waals surface area contributed by atoms with Crippen molar-refractivity contribution in [2.45, 2.75) is 0 Å². The van der Waals surface area contributed by atoms with E-state index in [1.165, 1.54) is 6.34 Å². The van der Waals surface area contributed by atoms with E-state index < -0.39 is 5.95 Å². The standard InChI is InChI=1S/C5H4FN5/c6-3-2-4(9-1-8-2)11-5(7)10-3/h1,8H,(H2,7,10,11)/q+1. The van der Waals surface area contributed by atoms with Gasteiger partial charge in [0.25, 0.3) is 5.95 Å². The predicted octanol–water partition coefficient (Wildman–Crippen LogP) is -0.381. The zero-order chi connectivity index (χ0) is 7.84. The van der Waals surface area contributed by atoms with Crippen LogP contribution in [0.15, 0.2) is 0 Å². The summed E-state index contributed by atoms with van der Waals surface area (Å²) >= 11 is 0. The van der Waals surface area contributed by atoms with Crippen molar-refractivity contribution < 1.29 is 4.39 Å². The molecule has 1 aliphatic heterocycles. The van der Waals surface area contributed by atoms with Crippen LogP contribution in [0.3, 0.4) is 0 Å². The predicted molar refractivity (Wildman–Crippen MR) is 37.9 cm³/mol. The monoisotopic (exact) mass is 153 g/mol. The van der Waals surface area contributed by atoms with Gasteiger partial charge in [0.15, 0.2) is 0 Å². The van der Waals surface area contributed by atoms with E-state index in [2.05, 4.69) is 20.3 Å². The van der Waals surface area contributed by atoms with Crippen molar-refractivity contribution in [1.29, 1.82) is 0 Å². The highest BCUT2D eigenvalue weighted by Crippen LogP contribution is 2.22. The van der Waals surface area contributed by atoms with Gasteiger partial charge in [0.2, 0.25) is 12.0 Å². The average Bonchev–Trinajstić information content (AvgIpc) is 2.34. The lowest BCUT2D eigenvalue weighted by Gasteiger charge is -1.90. The fourth-order valence-corrected chi connectivity index (χ4v) is 0.814. The summed E-state index contributed by atoms with van der Waals surface area (Å²) < 4.78 is 12.8. The molecule has 0 bridgehead atoms. The quantitative estimate of drug-likeness (QED) is 0.498. The smallest absolute Gasteiger partial charge is 0.344 e. The molecule has 0 aliphatic carbocycles. The zero-order valence-electron chi connectivity index (χ0n) is 5.37. The maximum absolute atomic E-state index is 12.8. The first-order valence-electron chi connectivity index (χ1n) is 2.89. The van der Waals surface area contributed by atoms with Crippen molar-refractivity contribution in [1.82, 2.24) is 15.0 Å². The molecule has 1 aromatic rings. The van der Waals surface area contributed by atoms with Crippen LogP contribution < -0.4 is 16.0 Å². The Hall–Kier alpha value is -1.72. The molecule has 0 atom stereocenters. The van der Waals surface area contributed by atoms with Gasteiger partial charge in [0.05, 0.1) is 0 Å². The molecule has 0 aromatic carbocycles. The summed E-state index contributed by atoms with van der Waals surface area (Å²) in [5.41, 5.74) is 5.35. The van der Waals surface area contributed by atoms with Gasteiger partial charge >= 0.3 is 11.8 Å². The first-order valence-corrected chi connectivity index (χ1v) is 2.89. The summed E-state index contributed by atoms with van der Waals surface area (Å²) in [5, 5.41) is 2.55. The number of nitrogen functional groups attached to an aromatic ring is 1. The topological polar surface area (TPSA) is 77.9 Å². The third kappa shape index (κ3) is 0.794. The highest BCUT2D eigenvalue weighted by Gasteiger charge is 2.24. The van der Waals surface area contributed by atoms with Gasteiger partial charge in [-0.2, -0.15) is 9.37 Å². The molecule has 2 heterocycles. The van der Waals surface area contributed by atoms with E-state index in [-0.39, 0.29) is 17.5 Å². The third-order valence-corrected chi connectivity index (χ3v) is 1.26. The van der Waals surface area contributed by atoms with Gasteiger partial charge in [-0.1, -0.05) is 9.98 Å². The number of fused-ring (bicyclic) bond motifs is 1. The SMILES string of the molecule is Nc1nc(F)c2c(n1)[N+]=CN2. The molecule has 2 rings (SSSR count). The van der Waals surface area contributed by atoms with Crippen LogP contribution in [0.2, 0.25) is 0 Å². The summed E-state index contributed by atoms with van der Waals surface area (Å²) in [7, 11) is 0. The van der Waals surface area contributed by atoms with Crippen LogP contribution in [0.5, 0.6) is 0 Å². The van der Waals surface area contributed by atoms with Crippen LogP contribution in [0, 0.1) is 5.95 Å². The molecule has 3 N–H and O–H groups in total. The van der Waals surface area contributed by atoms with Gasteiger partial charge in [0.1, 0.15) is 0 Å². The van der Waals surface area contributed by atoms with Gasteiger partial charge in [0, 0.05) is 0 Å². The number of anilines is 2. The average molecular weight is 153 g/mol. The molecule has 55 valence electrons. The molecule has 0 unspecified atom stereocenters. The third-order valence-electron chi connectivity index (χ3n) is 1.26. The lowest BCUT2D eigenvalue weighted by Crippen LogP contribution is -2.00. The molecule has 1 aliphatic rings. The van der Waals surface area contributed by atoms with Crippen molar-refractivity contribution in [3.05, 3.63) is 5.95 Å². The number of hydrogen-bond donors (Lipinski definition) is 2. The molecule has 0 saturated heterocycles. The largest absolute Gasteiger partial charge is 0.354 e. The normalized spacial score (nSPS) is 12.8. The first-order chi connectivity index (χ1) is 5.27. The molecule has 0 saturated carbocycles. The van der Waals surface area contributed by atoms with Gasteiger partial charge < -0.3 is 5.73 Å². The Balaban J connectivity index is 2.66. The van der Waals surface area contributed by atoms with E-state index in [1.807, 2.05) is 0 Å². The Morgan fingerprint density at radius 3 is 3.18 bits per heavy atom. The van der Waals surface area contributed by atoms with E-state index in [4.69, 9.17) is 5.73 Å². The van der Waals surface area contributed by atoms with Crippen molar-refractivity contribution in [2.75, 3.05) is 11.1 Å². The molecule has 5 nitrogen and oxygen atoms in total. The summed E-state index contributed by atoms with van der Waals surface area (Å²) in [4.78, 5) is 10.7. The van der Waals surface area contributed by atoms with Crippen molar-refractivity contribution in [2.24, 2.45) is 0 Å². The summed E-state index contributed by atoms with van der Waals surface area (Å²) in [6, 6.07) is 0. The van der Waals surface area contributed by atoms with Crippen molar-refractivity contribution >= 4 is 23.8 Å². The van der Waals surface area contributed by atoms with Gasteiger partial charge in [-0.05, 0) is 0 Å². The maximum atomic E-state index is 12.8. The van der Waals surface area contributed by atoms with Crippen LogP contribution in [-0.4, -0.2) is 16.3 Å². The van der Waals surface area contributed by atoms with Gasteiger partial charge in [-0.25, -0.2) is 0 Å². The minimum absolute atomic E-state index is 0.109. The van der Waals surface area contributed by atoms with Crippen LogP contribution >= 0.6 is 0 Å². The Morgan fingerprint density at radius 1 is 1.55 bits per heavy atom. The summed E-state index contributed by atoms with van der Waals surface area (Å²) in [6.45, 7) is 0. The number of nitrogens with two attached hydrogens (primary N) is 1. The number of nitrogens with one attached hydrogen (secondary N) is 1. The van der Waals surface area contributed by atoms with Crippen LogP contribution in [0.4, 0.5) is 21.8 Å².